The molecule has 2 aromatic rings. The summed E-state index contributed by atoms with van der Waals surface area (Å²) in [6, 6.07) is 0. The van der Waals surface area contributed by atoms with Crippen molar-refractivity contribution < 1.29 is 0 Å². The molecular formula is C11H16N6S. The lowest BCUT2D eigenvalue weighted by molar-refractivity contribution is 0.844. The Morgan fingerprint density at radius 1 is 1.28 bits per heavy atom. The minimum atomic E-state index is 0.273. The summed E-state index contributed by atoms with van der Waals surface area (Å²) in [7, 11) is 0. The number of nitrogen functional groups attached to an aromatic ring is 1. The quantitative estimate of drug-likeness (QED) is 0.565. The van der Waals surface area contributed by atoms with Gasteiger partial charge in [0.05, 0.1) is 17.7 Å². The topological polar surface area (TPSA) is 88.8 Å². The third kappa shape index (κ3) is 2.74. The molecule has 0 atom stereocenters. The molecule has 0 spiro atoms. The first-order valence-electron chi connectivity index (χ1n) is 5.64. The molecule has 0 bridgehead atoms. The van der Waals surface area contributed by atoms with Gasteiger partial charge in [-0.15, -0.1) is 11.3 Å². The molecule has 0 saturated heterocycles. The number of thiazole rings is 1. The zero-order valence-electron chi connectivity index (χ0n) is 10.3. The van der Waals surface area contributed by atoms with E-state index in [-0.39, 0.29) is 5.92 Å². The van der Waals surface area contributed by atoms with Crippen LogP contribution in [0.15, 0.2) is 17.2 Å². The van der Waals surface area contributed by atoms with Gasteiger partial charge in [-0.25, -0.2) is 20.8 Å². The Morgan fingerprint density at radius 3 is 2.67 bits per heavy atom. The Balaban J connectivity index is 2.21. The Hall–Kier alpha value is -1.73. The van der Waals surface area contributed by atoms with E-state index in [1.165, 1.54) is 6.33 Å². The van der Waals surface area contributed by atoms with E-state index in [1.54, 1.807) is 11.3 Å². The van der Waals surface area contributed by atoms with Gasteiger partial charge in [-0.3, -0.25) is 0 Å². The van der Waals surface area contributed by atoms with Crippen LogP contribution < -0.4 is 16.6 Å². The standard InChI is InChI=1S/C11H16N6S/c1-7(2)9-10(14-5-15-11(9)17-12)13-3-8-4-18-6-16-8/h4-7H,3,12H2,1-2H3,(H2,13,14,15,17). The van der Waals surface area contributed by atoms with Gasteiger partial charge in [0.2, 0.25) is 0 Å². The molecule has 2 heterocycles. The molecule has 0 aliphatic heterocycles. The first kappa shape index (κ1) is 12.7. The summed E-state index contributed by atoms with van der Waals surface area (Å²) in [6.45, 7) is 4.80. The van der Waals surface area contributed by atoms with Gasteiger partial charge in [-0.05, 0) is 5.92 Å². The zero-order chi connectivity index (χ0) is 13.0. The molecule has 96 valence electrons. The van der Waals surface area contributed by atoms with Crippen LogP contribution in [0.4, 0.5) is 11.6 Å². The lowest BCUT2D eigenvalue weighted by Gasteiger charge is -2.15. The average Bonchev–Trinajstić information content (AvgIpc) is 2.88. The molecule has 6 nitrogen and oxygen atoms in total. The molecular weight excluding hydrogens is 248 g/mol. The van der Waals surface area contributed by atoms with E-state index in [1.807, 2.05) is 10.9 Å². The number of anilines is 2. The van der Waals surface area contributed by atoms with E-state index in [2.05, 4.69) is 39.5 Å². The maximum absolute atomic E-state index is 5.47. The summed E-state index contributed by atoms with van der Waals surface area (Å²) in [4.78, 5) is 12.6. The van der Waals surface area contributed by atoms with Gasteiger partial charge >= 0.3 is 0 Å². The van der Waals surface area contributed by atoms with Crippen LogP contribution in [-0.4, -0.2) is 15.0 Å². The van der Waals surface area contributed by atoms with Crippen molar-refractivity contribution in [2.24, 2.45) is 5.84 Å². The van der Waals surface area contributed by atoms with E-state index in [9.17, 15) is 0 Å². The number of rotatable bonds is 5. The number of nitrogens with one attached hydrogen (secondary N) is 2. The number of hydrogen-bond donors (Lipinski definition) is 3. The van der Waals surface area contributed by atoms with Crippen LogP contribution in [0.2, 0.25) is 0 Å². The van der Waals surface area contributed by atoms with Crippen LogP contribution in [0.1, 0.15) is 31.0 Å². The molecule has 0 saturated carbocycles. The predicted octanol–water partition coefficient (Wildman–Crippen LogP) is 1.95. The summed E-state index contributed by atoms with van der Waals surface area (Å²) >= 11 is 1.58. The summed E-state index contributed by atoms with van der Waals surface area (Å²) in [5.74, 6) is 7.19. The Morgan fingerprint density at radius 2 is 2.06 bits per heavy atom. The van der Waals surface area contributed by atoms with Crippen LogP contribution in [0.3, 0.4) is 0 Å². The molecule has 0 fully saturated rings. The van der Waals surface area contributed by atoms with Crippen molar-refractivity contribution in [1.82, 2.24) is 15.0 Å². The van der Waals surface area contributed by atoms with Gasteiger partial charge in [0.1, 0.15) is 18.0 Å². The number of nitrogens with zero attached hydrogens (tertiary/aromatic N) is 3. The predicted molar refractivity (Wildman–Crippen MR) is 73.4 cm³/mol. The molecule has 7 heteroatoms. The Kier molecular flexibility index (Phi) is 4.06. The number of aromatic nitrogens is 3. The molecule has 0 radical (unpaired) electrons. The molecule has 0 amide bonds. The minimum absolute atomic E-state index is 0.273. The minimum Gasteiger partial charge on any atom is -0.364 e. The van der Waals surface area contributed by atoms with E-state index < -0.39 is 0 Å². The highest BCUT2D eigenvalue weighted by atomic mass is 32.1. The highest BCUT2D eigenvalue weighted by Gasteiger charge is 2.14. The van der Waals surface area contributed by atoms with Crippen molar-refractivity contribution in [2.75, 3.05) is 10.7 Å². The highest BCUT2D eigenvalue weighted by molar-refractivity contribution is 7.07. The first-order valence-corrected chi connectivity index (χ1v) is 6.59. The summed E-state index contributed by atoms with van der Waals surface area (Å²) in [5, 5.41) is 5.27. The molecule has 2 rings (SSSR count). The number of nitrogens with two attached hydrogens (primary N) is 1. The Bertz CT molecular complexity index is 496. The van der Waals surface area contributed by atoms with Crippen LogP contribution in [0, 0.1) is 0 Å². The maximum Gasteiger partial charge on any atom is 0.148 e. The smallest absolute Gasteiger partial charge is 0.148 e. The maximum atomic E-state index is 5.47. The van der Waals surface area contributed by atoms with Crippen molar-refractivity contribution in [3.63, 3.8) is 0 Å². The van der Waals surface area contributed by atoms with Crippen molar-refractivity contribution in [1.29, 1.82) is 0 Å². The highest BCUT2D eigenvalue weighted by Crippen LogP contribution is 2.27. The molecule has 0 aromatic carbocycles. The fourth-order valence-corrected chi connectivity index (χ4v) is 2.26. The number of hydrogen-bond acceptors (Lipinski definition) is 7. The van der Waals surface area contributed by atoms with Crippen molar-refractivity contribution in [2.45, 2.75) is 26.3 Å². The van der Waals surface area contributed by atoms with Gasteiger partial charge < -0.3 is 10.7 Å². The SMILES string of the molecule is CC(C)c1c(NN)ncnc1NCc1cscn1. The van der Waals surface area contributed by atoms with Gasteiger partial charge in [0.15, 0.2) is 0 Å². The van der Waals surface area contributed by atoms with Crippen molar-refractivity contribution >= 4 is 23.0 Å². The molecule has 4 N–H and O–H groups in total. The van der Waals surface area contributed by atoms with Gasteiger partial charge in [-0.1, -0.05) is 13.8 Å². The van der Waals surface area contributed by atoms with Crippen LogP contribution in [0.25, 0.3) is 0 Å². The van der Waals surface area contributed by atoms with Crippen LogP contribution in [-0.2, 0) is 6.54 Å². The first-order chi connectivity index (χ1) is 8.72. The second-order valence-electron chi connectivity index (χ2n) is 4.12. The van der Waals surface area contributed by atoms with E-state index in [0.717, 1.165) is 17.1 Å². The van der Waals surface area contributed by atoms with E-state index >= 15 is 0 Å². The van der Waals surface area contributed by atoms with E-state index in [4.69, 9.17) is 5.84 Å². The Labute approximate surface area is 110 Å². The van der Waals surface area contributed by atoms with E-state index in [0.29, 0.717) is 12.4 Å². The molecule has 0 unspecified atom stereocenters. The second-order valence-corrected chi connectivity index (χ2v) is 4.84. The van der Waals surface area contributed by atoms with Crippen LogP contribution >= 0.6 is 11.3 Å². The third-order valence-corrected chi connectivity index (χ3v) is 3.15. The van der Waals surface area contributed by atoms with Crippen LogP contribution in [0.5, 0.6) is 0 Å². The normalized spacial score (nSPS) is 10.7. The molecule has 0 aliphatic rings. The fraction of sp³-hybridized carbons (Fsp3) is 0.364. The van der Waals surface area contributed by atoms with Gasteiger partial charge in [-0.2, -0.15) is 0 Å². The summed E-state index contributed by atoms with van der Waals surface area (Å²) in [6.07, 6.45) is 1.49. The zero-order valence-corrected chi connectivity index (χ0v) is 11.2. The van der Waals surface area contributed by atoms with Crippen molar-refractivity contribution in [3.05, 3.63) is 28.5 Å². The second kappa shape index (κ2) is 5.74. The average molecular weight is 264 g/mol. The third-order valence-electron chi connectivity index (χ3n) is 2.52. The lowest BCUT2D eigenvalue weighted by atomic mass is 10.0. The lowest BCUT2D eigenvalue weighted by Crippen LogP contribution is -2.15. The largest absolute Gasteiger partial charge is 0.364 e. The fourth-order valence-electron chi connectivity index (χ4n) is 1.70. The molecule has 2 aromatic heterocycles. The van der Waals surface area contributed by atoms with Gasteiger partial charge in [0, 0.05) is 10.9 Å². The van der Waals surface area contributed by atoms with Gasteiger partial charge in [0.25, 0.3) is 0 Å². The van der Waals surface area contributed by atoms with Crippen molar-refractivity contribution in [3.8, 4) is 0 Å². The summed E-state index contributed by atoms with van der Waals surface area (Å²) in [5.41, 5.74) is 6.40. The monoisotopic (exact) mass is 264 g/mol. The number of hydrazine groups is 1. The molecule has 18 heavy (non-hydrogen) atoms. The summed E-state index contributed by atoms with van der Waals surface area (Å²) < 4.78 is 0. The molecule has 0 aliphatic carbocycles.